The van der Waals surface area contributed by atoms with Gasteiger partial charge in [-0.05, 0) is 72.8 Å². The number of hydrogen-bond acceptors (Lipinski definition) is 9. The summed E-state index contributed by atoms with van der Waals surface area (Å²) in [5.41, 5.74) is 0. The molecule has 3 aromatic rings. The van der Waals surface area contributed by atoms with Crippen molar-refractivity contribution in [3.05, 3.63) is 86.2 Å². The Hall–Kier alpha value is -0.534. The largest absolute Gasteiger partial charge is 3.00 e. The summed E-state index contributed by atoms with van der Waals surface area (Å²) in [5.74, 6) is 0. The van der Waals surface area contributed by atoms with Gasteiger partial charge in [0.25, 0.3) is 0 Å². The van der Waals surface area contributed by atoms with E-state index in [1.807, 2.05) is 0 Å². The van der Waals surface area contributed by atoms with Gasteiger partial charge in [0.05, 0.1) is 14.7 Å². The molecule has 0 amide bonds. The number of rotatable bonds is 3. The number of halogens is 3. The minimum absolute atomic E-state index is 0. The standard InChI is InChI=1S/3C6H5BrO3S.Ga/c3*7-5-1-3-6(4-2-5)11(8,9)10;/h3*1-4H,(H,8,9,10);/q;;;+3/p-3. The molecule has 0 bridgehead atoms. The van der Waals surface area contributed by atoms with Crippen LogP contribution >= 0.6 is 47.8 Å². The summed E-state index contributed by atoms with van der Waals surface area (Å²) in [5, 5.41) is 0. The van der Waals surface area contributed by atoms with E-state index < -0.39 is 30.4 Å². The molecule has 0 unspecified atom stereocenters. The third kappa shape index (κ3) is 13.0. The van der Waals surface area contributed by atoms with Crippen LogP contribution in [0.3, 0.4) is 0 Å². The Morgan fingerprint density at radius 3 is 0.676 bits per heavy atom. The predicted molar refractivity (Wildman–Crippen MR) is 132 cm³/mol. The molecular weight excluding hydrogens is 766 g/mol. The third-order valence-corrected chi connectivity index (χ3v) is 7.44. The molecule has 0 radical (unpaired) electrons. The van der Waals surface area contributed by atoms with Gasteiger partial charge in [-0.1, -0.05) is 47.8 Å². The molecule has 0 aliphatic heterocycles. The fourth-order valence-corrected chi connectivity index (χ4v) is 4.01. The van der Waals surface area contributed by atoms with Crippen molar-refractivity contribution in [2.45, 2.75) is 14.7 Å². The van der Waals surface area contributed by atoms with Crippen LogP contribution in [0.5, 0.6) is 0 Å². The summed E-state index contributed by atoms with van der Waals surface area (Å²) in [4.78, 5) is -0.623. The molecule has 0 saturated heterocycles. The minimum Gasteiger partial charge on any atom is -0.744 e. The fourth-order valence-electron chi connectivity index (χ4n) is 1.80. The maximum Gasteiger partial charge on any atom is 3.00 e. The van der Waals surface area contributed by atoms with E-state index in [4.69, 9.17) is 0 Å². The van der Waals surface area contributed by atoms with Crippen molar-refractivity contribution < 1.29 is 38.9 Å². The molecule has 0 N–H and O–H groups in total. The van der Waals surface area contributed by atoms with Crippen molar-refractivity contribution >= 4 is 97.9 Å². The normalized spacial score (nSPS) is 11.1. The quantitative estimate of drug-likeness (QED) is 0.284. The van der Waals surface area contributed by atoms with Crippen molar-refractivity contribution in [1.29, 1.82) is 0 Å². The molecular formula is C18H12Br3GaO9S3. The second-order valence-electron chi connectivity index (χ2n) is 5.72. The zero-order chi connectivity index (χ0) is 25.4. The van der Waals surface area contributed by atoms with Gasteiger partial charge in [-0.25, -0.2) is 25.3 Å². The Kier molecular flexibility index (Phi) is 14.0. The monoisotopic (exact) mass is 774 g/mol. The van der Waals surface area contributed by atoms with E-state index in [0.29, 0.717) is 0 Å². The average molecular weight is 778 g/mol. The first kappa shape index (κ1) is 33.5. The van der Waals surface area contributed by atoms with Crippen LogP contribution in [0.4, 0.5) is 0 Å². The Balaban J connectivity index is 0.000000473. The molecule has 0 aliphatic rings. The van der Waals surface area contributed by atoms with Crippen LogP contribution in [-0.4, -0.2) is 58.7 Å². The van der Waals surface area contributed by atoms with Gasteiger partial charge < -0.3 is 13.7 Å². The van der Waals surface area contributed by atoms with Crippen LogP contribution < -0.4 is 0 Å². The SMILES string of the molecule is O=S(=O)([O-])c1ccc(Br)cc1.O=S(=O)([O-])c1ccc(Br)cc1.O=S(=O)([O-])c1ccc(Br)cc1.[Ga+3]. The third-order valence-electron chi connectivity index (χ3n) is 3.31. The zero-order valence-corrected chi connectivity index (χ0v) is 26.2. The average Bonchev–Trinajstić information content (AvgIpc) is 2.68. The van der Waals surface area contributed by atoms with Crippen LogP contribution in [0.25, 0.3) is 0 Å². The van der Waals surface area contributed by atoms with Crippen LogP contribution in [0.2, 0.25) is 0 Å². The van der Waals surface area contributed by atoms with E-state index >= 15 is 0 Å². The van der Waals surface area contributed by atoms with Gasteiger partial charge >= 0.3 is 19.8 Å². The van der Waals surface area contributed by atoms with Crippen LogP contribution in [-0.2, 0) is 30.4 Å². The summed E-state index contributed by atoms with van der Waals surface area (Å²) >= 11 is 9.35. The molecule has 0 spiro atoms. The van der Waals surface area contributed by atoms with Gasteiger partial charge in [-0.3, -0.25) is 0 Å². The smallest absolute Gasteiger partial charge is 0.744 e. The Morgan fingerprint density at radius 2 is 0.559 bits per heavy atom. The maximum atomic E-state index is 10.4. The van der Waals surface area contributed by atoms with Crippen molar-refractivity contribution in [1.82, 2.24) is 0 Å². The van der Waals surface area contributed by atoms with Gasteiger partial charge in [0, 0.05) is 13.4 Å². The molecule has 0 aliphatic carbocycles. The van der Waals surface area contributed by atoms with Gasteiger partial charge in [0.2, 0.25) is 0 Å². The number of benzene rings is 3. The predicted octanol–water partition coefficient (Wildman–Crippen LogP) is 3.68. The molecule has 3 aromatic carbocycles. The second-order valence-corrected chi connectivity index (χ2v) is 12.6. The summed E-state index contributed by atoms with van der Waals surface area (Å²) in [6.45, 7) is 0. The molecule has 0 atom stereocenters. The van der Waals surface area contributed by atoms with Crippen LogP contribution in [0, 0.1) is 0 Å². The van der Waals surface area contributed by atoms with E-state index in [9.17, 15) is 38.9 Å². The summed E-state index contributed by atoms with van der Waals surface area (Å²) in [6.07, 6.45) is 0. The van der Waals surface area contributed by atoms with Gasteiger partial charge in [0.1, 0.15) is 30.4 Å². The first-order valence-corrected chi connectivity index (χ1v) is 14.7. The van der Waals surface area contributed by atoms with E-state index in [1.165, 1.54) is 72.8 Å². The Labute approximate surface area is 235 Å². The second kappa shape index (κ2) is 14.3. The van der Waals surface area contributed by atoms with Crippen molar-refractivity contribution in [3.8, 4) is 0 Å². The van der Waals surface area contributed by atoms with E-state index in [1.54, 1.807) is 0 Å². The van der Waals surface area contributed by atoms with Crippen LogP contribution in [0.1, 0.15) is 0 Å². The molecule has 0 fully saturated rings. The van der Waals surface area contributed by atoms with Crippen molar-refractivity contribution in [2.24, 2.45) is 0 Å². The van der Waals surface area contributed by atoms with E-state index in [2.05, 4.69) is 47.8 Å². The molecule has 0 aromatic heterocycles. The summed E-state index contributed by atoms with van der Waals surface area (Å²) < 4.78 is 95.6. The summed E-state index contributed by atoms with van der Waals surface area (Å²) in [6, 6.07) is 16.6. The molecule has 0 saturated carbocycles. The fraction of sp³-hybridized carbons (Fsp3) is 0. The Morgan fingerprint density at radius 1 is 0.412 bits per heavy atom. The van der Waals surface area contributed by atoms with Gasteiger partial charge in [-0.2, -0.15) is 0 Å². The van der Waals surface area contributed by atoms with E-state index in [-0.39, 0.29) is 34.5 Å². The maximum absolute atomic E-state index is 10.4. The topological polar surface area (TPSA) is 172 Å². The molecule has 9 nitrogen and oxygen atoms in total. The first-order valence-electron chi connectivity index (χ1n) is 8.14. The number of hydrogen-bond donors (Lipinski definition) is 0. The van der Waals surface area contributed by atoms with Crippen molar-refractivity contribution in [2.75, 3.05) is 0 Å². The van der Waals surface area contributed by atoms with E-state index in [0.717, 1.165) is 13.4 Å². The molecule has 180 valence electrons. The zero-order valence-electron chi connectivity index (χ0n) is 16.5. The summed E-state index contributed by atoms with van der Waals surface area (Å²) in [7, 11) is -12.9. The molecule has 34 heavy (non-hydrogen) atoms. The van der Waals surface area contributed by atoms with Crippen molar-refractivity contribution in [3.63, 3.8) is 0 Å². The molecule has 3 rings (SSSR count). The first-order chi connectivity index (χ1) is 15.0. The van der Waals surface area contributed by atoms with Gasteiger partial charge in [0.15, 0.2) is 0 Å². The molecule has 16 heteroatoms. The molecule has 0 heterocycles. The van der Waals surface area contributed by atoms with Crippen LogP contribution in [0.15, 0.2) is 101 Å². The van der Waals surface area contributed by atoms with Gasteiger partial charge in [-0.15, -0.1) is 0 Å². The minimum atomic E-state index is -4.29. The Bertz CT molecular complexity index is 1200.